The molecule has 0 spiro atoms. The molecule has 0 amide bonds. The molecule has 166 valence electrons. The van der Waals surface area contributed by atoms with Crippen LogP contribution >= 0.6 is 27.5 Å². The van der Waals surface area contributed by atoms with Crippen LogP contribution in [-0.4, -0.2) is 17.7 Å². The van der Waals surface area contributed by atoms with Gasteiger partial charge in [-0.2, -0.15) is 0 Å². The largest absolute Gasteiger partial charge is 0.490 e. The van der Waals surface area contributed by atoms with Crippen molar-refractivity contribution in [2.75, 3.05) is 6.61 Å². The summed E-state index contributed by atoms with van der Waals surface area (Å²) in [6, 6.07) is 17.2. The van der Waals surface area contributed by atoms with Crippen molar-refractivity contribution in [3.63, 3.8) is 0 Å². The van der Waals surface area contributed by atoms with Gasteiger partial charge in [-0.15, -0.1) is 0 Å². The molecule has 32 heavy (non-hydrogen) atoms. The monoisotopic (exact) mass is 518 g/mol. The van der Waals surface area contributed by atoms with Gasteiger partial charge in [-0.3, -0.25) is 10.1 Å². The van der Waals surface area contributed by atoms with Crippen molar-refractivity contribution >= 4 is 39.4 Å². The van der Waals surface area contributed by atoms with Crippen molar-refractivity contribution in [2.45, 2.75) is 20.1 Å². The van der Waals surface area contributed by atoms with Gasteiger partial charge in [0.05, 0.1) is 17.7 Å². The predicted molar refractivity (Wildman–Crippen MR) is 127 cm³/mol. The first-order chi connectivity index (χ1) is 15.5. The normalized spacial score (nSPS) is 10.8. The summed E-state index contributed by atoms with van der Waals surface area (Å²) in [5.74, 6) is 1.16. The first-order valence-corrected chi connectivity index (χ1v) is 10.9. The number of nitro groups is 1. The number of hydrogen-bond acceptors (Lipinski definition) is 6. The van der Waals surface area contributed by atoms with E-state index in [2.05, 4.69) is 21.1 Å². The van der Waals surface area contributed by atoms with Crippen LogP contribution in [0.15, 0.2) is 70.3 Å². The average molecular weight is 520 g/mol. The fourth-order valence-corrected chi connectivity index (χ4v) is 3.29. The maximum atomic E-state index is 10.9. The molecule has 0 saturated heterocycles. The Labute approximate surface area is 198 Å². The van der Waals surface area contributed by atoms with Crippen molar-refractivity contribution in [1.82, 2.24) is 0 Å². The summed E-state index contributed by atoms with van der Waals surface area (Å²) in [5.41, 5.74) is 2.37. The van der Waals surface area contributed by atoms with E-state index in [1.54, 1.807) is 18.2 Å². The molecule has 7 nitrogen and oxygen atoms in total. The molecule has 0 aliphatic heterocycles. The Balaban J connectivity index is 1.67. The van der Waals surface area contributed by atoms with Crippen LogP contribution in [0.5, 0.6) is 11.5 Å². The number of hydrogen-bond donors (Lipinski definition) is 0. The van der Waals surface area contributed by atoms with E-state index < -0.39 is 4.92 Å². The minimum absolute atomic E-state index is 0.00775. The van der Waals surface area contributed by atoms with Gasteiger partial charge < -0.3 is 14.3 Å². The summed E-state index contributed by atoms with van der Waals surface area (Å²) >= 11 is 9.44. The molecule has 0 aliphatic rings. The molecule has 0 atom stereocenters. The zero-order valence-electron chi connectivity index (χ0n) is 17.2. The van der Waals surface area contributed by atoms with E-state index in [1.165, 1.54) is 18.3 Å². The summed E-state index contributed by atoms with van der Waals surface area (Å²) in [5, 5.41) is 15.5. The molecule has 9 heteroatoms. The second kappa shape index (κ2) is 11.5. The van der Waals surface area contributed by atoms with Gasteiger partial charge >= 0.3 is 0 Å². The lowest BCUT2D eigenvalue weighted by Crippen LogP contribution is -2.01. The molecule has 0 radical (unpaired) electrons. The molecule has 0 heterocycles. The van der Waals surface area contributed by atoms with Crippen LogP contribution in [0.1, 0.15) is 23.6 Å². The molecule has 0 bridgehead atoms. The highest BCUT2D eigenvalue weighted by molar-refractivity contribution is 9.10. The lowest BCUT2D eigenvalue weighted by Gasteiger charge is -2.14. The molecule has 3 aromatic carbocycles. The van der Waals surface area contributed by atoms with Gasteiger partial charge in [0.2, 0.25) is 0 Å². The maximum Gasteiger partial charge on any atom is 0.269 e. The highest BCUT2D eigenvalue weighted by atomic mass is 79.9. The third kappa shape index (κ3) is 6.70. The first kappa shape index (κ1) is 23.6. The second-order valence-electron chi connectivity index (χ2n) is 6.60. The van der Waals surface area contributed by atoms with Crippen LogP contribution in [0.3, 0.4) is 0 Å². The fraction of sp³-hybridized carbons (Fsp3) is 0.174. The smallest absolute Gasteiger partial charge is 0.269 e. The number of ether oxygens (including phenoxy) is 2. The fourth-order valence-electron chi connectivity index (χ4n) is 2.74. The zero-order valence-corrected chi connectivity index (χ0v) is 19.5. The highest BCUT2D eigenvalue weighted by Crippen LogP contribution is 2.34. The van der Waals surface area contributed by atoms with Crippen LogP contribution in [-0.2, 0) is 18.1 Å². The average Bonchev–Trinajstić information content (AvgIpc) is 2.78. The minimum atomic E-state index is -0.449. The summed E-state index contributed by atoms with van der Waals surface area (Å²) in [7, 11) is 0. The van der Waals surface area contributed by atoms with Crippen LogP contribution in [0.25, 0.3) is 0 Å². The van der Waals surface area contributed by atoms with Crippen LogP contribution in [0.4, 0.5) is 5.69 Å². The first-order valence-electron chi connectivity index (χ1n) is 9.68. The minimum Gasteiger partial charge on any atom is -0.490 e. The van der Waals surface area contributed by atoms with Gasteiger partial charge in [-0.1, -0.05) is 41.0 Å². The van der Waals surface area contributed by atoms with E-state index in [0.29, 0.717) is 35.3 Å². The van der Waals surface area contributed by atoms with E-state index in [-0.39, 0.29) is 12.3 Å². The van der Waals surface area contributed by atoms with E-state index in [9.17, 15) is 10.1 Å². The topological polar surface area (TPSA) is 83.2 Å². The lowest BCUT2D eigenvalue weighted by atomic mass is 10.2. The number of rotatable bonds is 10. The van der Waals surface area contributed by atoms with Gasteiger partial charge in [0.25, 0.3) is 5.69 Å². The SMILES string of the molecule is CCOc1cc(/C=N\OCc2cccc([N+](=O)[O-])c2)c(Br)cc1OCc1ccc(Cl)cc1. The Bertz CT molecular complexity index is 1110. The highest BCUT2D eigenvalue weighted by Gasteiger charge is 2.11. The van der Waals surface area contributed by atoms with Crippen molar-refractivity contribution in [2.24, 2.45) is 5.16 Å². The van der Waals surface area contributed by atoms with E-state index in [1.807, 2.05) is 37.3 Å². The summed E-state index contributed by atoms with van der Waals surface area (Å²) in [6.07, 6.45) is 1.53. The molecule has 0 N–H and O–H groups in total. The molecule has 0 unspecified atom stereocenters. The second-order valence-corrected chi connectivity index (χ2v) is 7.89. The molecule has 3 rings (SSSR count). The van der Waals surface area contributed by atoms with Crippen LogP contribution < -0.4 is 9.47 Å². The molecular weight excluding hydrogens is 500 g/mol. The quantitative estimate of drug-likeness (QED) is 0.172. The summed E-state index contributed by atoms with van der Waals surface area (Å²) < 4.78 is 12.4. The zero-order chi connectivity index (χ0) is 22.9. The Morgan fingerprint density at radius 3 is 2.50 bits per heavy atom. The third-order valence-corrected chi connectivity index (χ3v) is 5.23. The van der Waals surface area contributed by atoms with E-state index >= 15 is 0 Å². The number of halogens is 2. The van der Waals surface area contributed by atoms with E-state index in [4.69, 9.17) is 25.9 Å². The standard InChI is InChI=1S/C23H20BrClN2O5/c1-2-30-22-11-18(13-26-32-15-17-4-3-5-20(10-17)27(28)29)21(24)12-23(22)31-14-16-6-8-19(25)9-7-16/h3-13H,2,14-15H2,1H3/b26-13-. The Morgan fingerprint density at radius 1 is 1.03 bits per heavy atom. The molecule has 3 aromatic rings. The molecular formula is C23H20BrClN2O5. The number of benzene rings is 3. The number of oxime groups is 1. The Hall–Kier alpha value is -3.10. The molecule has 0 fully saturated rings. The van der Waals surface area contributed by atoms with Crippen LogP contribution in [0, 0.1) is 10.1 Å². The van der Waals surface area contributed by atoms with Crippen molar-refractivity contribution in [3.05, 3.63) is 97.0 Å². The molecule has 0 aromatic heterocycles. The van der Waals surface area contributed by atoms with Crippen molar-refractivity contribution in [1.29, 1.82) is 0 Å². The van der Waals surface area contributed by atoms with Crippen molar-refractivity contribution < 1.29 is 19.2 Å². The van der Waals surface area contributed by atoms with Gasteiger partial charge in [0.15, 0.2) is 11.5 Å². The van der Waals surface area contributed by atoms with Gasteiger partial charge in [-0.05, 0) is 58.2 Å². The predicted octanol–water partition coefficient (Wildman–Crippen LogP) is 6.54. The third-order valence-electron chi connectivity index (χ3n) is 4.29. The summed E-state index contributed by atoms with van der Waals surface area (Å²) in [6.45, 7) is 2.83. The molecule has 0 aliphatic carbocycles. The van der Waals surface area contributed by atoms with Crippen LogP contribution in [0.2, 0.25) is 5.02 Å². The van der Waals surface area contributed by atoms with Gasteiger partial charge in [0, 0.05) is 27.2 Å². The molecule has 0 saturated carbocycles. The Morgan fingerprint density at radius 2 is 1.78 bits per heavy atom. The number of non-ortho nitro benzene ring substituents is 1. The van der Waals surface area contributed by atoms with Gasteiger partial charge in [-0.25, -0.2) is 0 Å². The lowest BCUT2D eigenvalue weighted by molar-refractivity contribution is -0.384. The Kier molecular flexibility index (Phi) is 8.47. The summed E-state index contributed by atoms with van der Waals surface area (Å²) in [4.78, 5) is 15.7. The van der Waals surface area contributed by atoms with Crippen molar-refractivity contribution in [3.8, 4) is 11.5 Å². The van der Waals surface area contributed by atoms with Gasteiger partial charge in [0.1, 0.15) is 13.2 Å². The van der Waals surface area contributed by atoms with E-state index in [0.717, 1.165) is 15.6 Å². The maximum absolute atomic E-state index is 10.9. The number of nitro benzene ring substituents is 1. The number of nitrogens with zero attached hydrogens (tertiary/aromatic N) is 2.